The maximum absolute atomic E-state index is 13.5. The van der Waals surface area contributed by atoms with E-state index in [0.717, 1.165) is 43.7 Å². The molecule has 108 valence electrons. The van der Waals surface area contributed by atoms with Crippen LogP contribution in [0, 0.1) is 5.82 Å². The summed E-state index contributed by atoms with van der Waals surface area (Å²) in [5.74, 6) is -0.155. The molecule has 0 amide bonds. The van der Waals surface area contributed by atoms with E-state index in [-0.39, 0.29) is 5.82 Å². The van der Waals surface area contributed by atoms with Crippen LogP contribution in [0.2, 0.25) is 0 Å². The molecule has 0 heterocycles. The summed E-state index contributed by atoms with van der Waals surface area (Å²) in [7, 11) is 0. The van der Waals surface area contributed by atoms with E-state index in [4.69, 9.17) is 0 Å². The molecular weight excluding hydrogens is 239 g/mol. The van der Waals surface area contributed by atoms with Crippen molar-refractivity contribution < 1.29 is 4.39 Å². The van der Waals surface area contributed by atoms with Crippen molar-refractivity contribution >= 4 is 5.69 Å². The number of hydrogen-bond acceptors (Lipinski definition) is 2. The molecule has 0 aliphatic carbocycles. The van der Waals surface area contributed by atoms with Gasteiger partial charge in [-0.15, -0.1) is 0 Å². The largest absolute Gasteiger partial charge is 0.369 e. The van der Waals surface area contributed by atoms with Gasteiger partial charge < -0.3 is 10.2 Å². The van der Waals surface area contributed by atoms with Gasteiger partial charge in [-0.3, -0.25) is 0 Å². The van der Waals surface area contributed by atoms with Gasteiger partial charge in [0.15, 0.2) is 0 Å². The maximum atomic E-state index is 13.5. The molecule has 0 aliphatic heterocycles. The molecule has 3 heteroatoms. The van der Waals surface area contributed by atoms with Crippen LogP contribution in [0.25, 0.3) is 0 Å². The molecule has 19 heavy (non-hydrogen) atoms. The van der Waals surface area contributed by atoms with Gasteiger partial charge >= 0.3 is 0 Å². The van der Waals surface area contributed by atoms with Gasteiger partial charge in [-0.1, -0.05) is 13.8 Å². The summed E-state index contributed by atoms with van der Waals surface area (Å²) in [6.45, 7) is 11.4. The highest BCUT2D eigenvalue weighted by Gasteiger charge is 2.14. The van der Waals surface area contributed by atoms with Crippen molar-refractivity contribution in [1.82, 2.24) is 5.32 Å². The third-order valence-corrected chi connectivity index (χ3v) is 3.18. The summed E-state index contributed by atoms with van der Waals surface area (Å²) in [4.78, 5) is 2.35. The van der Waals surface area contributed by atoms with Gasteiger partial charge in [-0.2, -0.15) is 0 Å². The Bertz CT molecular complexity index is 377. The first-order valence-corrected chi connectivity index (χ1v) is 7.35. The minimum atomic E-state index is -0.155. The van der Waals surface area contributed by atoms with Crippen molar-refractivity contribution in [3.8, 4) is 0 Å². The van der Waals surface area contributed by atoms with Crippen LogP contribution in [0.4, 0.5) is 10.1 Å². The monoisotopic (exact) mass is 266 g/mol. The fraction of sp³-hybridized carbons (Fsp3) is 0.625. The Morgan fingerprint density at radius 3 is 2.53 bits per heavy atom. The Balaban J connectivity index is 2.95. The van der Waals surface area contributed by atoms with E-state index in [0.29, 0.717) is 6.04 Å². The van der Waals surface area contributed by atoms with Gasteiger partial charge in [-0.05, 0) is 57.0 Å². The topological polar surface area (TPSA) is 15.3 Å². The molecule has 0 atom stereocenters. The average molecular weight is 266 g/mol. The molecule has 1 aromatic rings. The molecule has 1 rings (SSSR count). The van der Waals surface area contributed by atoms with Crippen LogP contribution in [0.1, 0.15) is 46.1 Å². The normalized spacial score (nSPS) is 11.1. The van der Waals surface area contributed by atoms with Crippen molar-refractivity contribution in [2.45, 2.75) is 53.1 Å². The zero-order chi connectivity index (χ0) is 14.3. The lowest BCUT2D eigenvalue weighted by molar-refractivity contribution is 0.613. The molecule has 0 radical (unpaired) electrons. The molecule has 1 N–H and O–H groups in total. The van der Waals surface area contributed by atoms with Crippen molar-refractivity contribution in [2.24, 2.45) is 0 Å². The molecule has 0 saturated heterocycles. The molecule has 0 unspecified atom stereocenters. The number of benzene rings is 1. The Labute approximate surface area is 117 Å². The van der Waals surface area contributed by atoms with Crippen molar-refractivity contribution in [3.63, 3.8) is 0 Å². The van der Waals surface area contributed by atoms with E-state index >= 15 is 0 Å². The zero-order valence-electron chi connectivity index (χ0n) is 12.7. The van der Waals surface area contributed by atoms with E-state index in [1.165, 1.54) is 0 Å². The van der Waals surface area contributed by atoms with Crippen LogP contribution >= 0.6 is 0 Å². The van der Waals surface area contributed by atoms with Crippen molar-refractivity contribution in [3.05, 3.63) is 29.6 Å². The van der Waals surface area contributed by atoms with E-state index in [1.54, 1.807) is 12.1 Å². The molecule has 1 aromatic carbocycles. The Hall–Kier alpha value is -1.09. The SMILES string of the molecule is CCCNCc1cc(F)ccc1N(CCC)C(C)C. The second-order valence-corrected chi connectivity index (χ2v) is 5.24. The fourth-order valence-electron chi connectivity index (χ4n) is 2.27. The highest BCUT2D eigenvalue weighted by Crippen LogP contribution is 2.24. The first kappa shape index (κ1) is 16.0. The predicted octanol–water partition coefficient (Wildman–Crippen LogP) is 3.95. The standard InChI is InChI=1S/C16H27FN2/c1-5-9-18-12-14-11-15(17)7-8-16(14)19(10-6-2)13(3)4/h7-8,11,13,18H,5-6,9-10,12H2,1-4H3. The highest BCUT2D eigenvalue weighted by molar-refractivity contribution is 5.54. The average Bonchev–Trinajstić information content (AvgIpc) is 2.37. The number of hydrogen-bond donors (Lipinski definition) is 1. The number of nitrogens with zero attached hydrogens (tertiary/aromatic N) is 1. The molecule has 0 spiro atoms. The molecular formula is C16H27FN2. The lowest BCUT2D eigenvalue weighted by atomic mass is 10.1. The van der Waals surface area contributed by atoms with Crippen LogP contribution in [-0.2, 0) is 6.54 Å². The second-order valence-electron chi connectivity index (χ2n) is 5.24. The molecule has 0 aliphatic rings. The Kier molecular flexibility index (Phi) is 6.85. The molecule has 0 fully saturated rings. The minimum Gasteiger partial charge on any atom is -0.369 e. The lowest BCUT2D eigenvalue weighted by Gasteiger charge is -2.31. The van der Waals surface area contributed by atoms with Gasteiger partial charge in [-0.25, -0.2) is 4.39 Å². The Morgan fingerprint density at radius 2 is 1.95 bits per heavy atom. The maximum Gasteiger partial charge on any atom is 0.123 e. The summed E-state index contributed by atoms with van der Waals surface area (Å²) in [6.07, 6.45) is 2.19. The lowest BCUT2D eigenvalue weighted by Crippen LogP contribution is -2.33. The first-order valence-electron chi connectivity index (χ1n) is 7.35. The molecule has 2 nitrogen and oxygen atoms in total. The second kappa shape index (κ2) is 8.16. The zero-order valence-corrected chi connectivity index (χ0v) is 12.7. The summed E-state index contributed by atoms with van der Waals surface area (Å²) in [5.41, 5.74) is 2.21. The summed E-state index contributed by atoms with van der Waals surface area (Å²) in [5, 5.41) is 3.36. The van der Waals surface area contributed by atoms with Crippen LogP contribution < -0.4 is 10.2 Å². The summed E-state index contributed by atoms with van der Waals surface area (Å²) in [6, 6.07) is 5.55. The smallest absolute Gasteiger partial charge is 0.123 e. The van der Waals surface area contributed by atoms with E-state index in [9.17, 15) is 4.39 Å². The van der Waals surface area contributed by atoms with Crippen LogP contribution in [-0.4, -0.2) is 19.1 Å². The van der Waals surface area contributed by atoms with Gasteiger partial charge in [0, 0.05) is 24.8 Å². The number of nitrogens with one attached hydrogen (secondary N) is 1. The van der Waals surface area contributed by atoms with Crippen LogP contribution in [0.5, 0.6) is 0 Å². The molecule has 0 bridgehead atoms. The van der Waals surface area contributed by atoms with Gasteiger partial charge in [0.2, 0.25) is 0 Å². The predicted molar refractivity (Wildman–Crippen MR) is 81.2 cm³/mol. The van der Waals surface area contributed by atoms with E-state index in [2.05, 4.69) is 37.9 Å². The van der Waals surface area contributed by atoms with Gasteiger partial charge in [0.1, 0.15) is 5.82 Å². The highest BCUT2D eigenvalue weighted by atomic mass is 19.1. The Morgan fingerprint density at radius 1 is 1.21 bits per heavy atom. The number of anilines is 1. The quantitative estimate of drug-likeness (QED) is 0.717. The van der Waals surface area contributed by atoms with Crippen molar-refractivity contribution in [2.75, 3.05) is 18.0 Å². The molecule has 0 aromatic heterocycles. The number of rotatable bonds is 8. The summed E-state index contributed by atoms with van der Waals surface area (Å²) >= 11 is 0. The fourth-order valence-corrected chi connectivity index (χ4v) is 2.27. The van der Waals surface area contributed by atoms with Gasteiger partial charge in [0.05, 0.1) is 0 Å². The van der Waals surface area contributed by atoms with E-state index < -0.39 is 0 Å². The first-order chi connectivity index (χ1) is 9.10. The number of halogens is 1. The van der Waals surface area contributed by atoms with Crippen LogP contribution in [0.15, 0.2) is 18.2 Å². The molecule has 0 saturated carbocycles. The van der Waals surface area contributed by atoms with Gasteiger partial charge in [0.25, 0.3) is 0 Å². The minimum absolute atomic E-state index is 0.155. The summed E-state index contributed by atoms with van der Waals surface area (Å²) < 4.78 is 13.5. The van der Waals surface area contributed by atoms with Crippen LogP contribution in [0.3, 0.4) is 0 Å². The van der Waals surface area contributed by atoms with E-state index in [1.807, 2.05) is 6.07 Å². The van der Waals surface area contributed by atoms with Crippen molar-refractivity contribution in [1.29, 1.82) is 0 Å². The third-order valence-electron chi connectivity index (χ3n) is 3.18. The third kappa shape index (κ3) is 4.83.